The average Bonchev–Trinajstić information content (AvgIpc) is 3.24. The minimum Gasteiger partial charge on any atom is -0.329 e. The number of imidazole rings is 1. The van der Waals surface area contributed by atoms with Gasteiger partial charge in [0.05, 0.1) is 16.7 Å². The van der Waals surface area contributed by atoms with Crippen molar-refractivity contribution in [3.05, 3.63) is 91.0 Å². The van der Waals surface area contributed by atoms with E-state index >= 15 is 0 Å². The number of nitrogens with zero attached hydrogens (tertiary/aromatic N) is 4. The topological polar surface area (TPSA) is 34.1 Å². The molecule has 0 amide bonds. The zero-order valence-corrected chi connectivity index (χ0v) is 14.9. The van der Waals surface area contributed by atoms with E-state index in [9.17, 15) is 0 Å². The maximum absolute atomic E-state index is 4.68. The Kier molecular flexibility index (Phi) is 3.61. The standard InChI is InChI=1S/C23H18N4/c1-26-20-14-8-9-15-21(20)27-22(26)16-19(17-10-4-2-5-11-17)23(27)25-24-18-12-6-3-7-13-18/h2-16H,1H3. The Morgan fingerprint density at radius 3 is 2.04 bits per heavy atom. The van der Waals surface area contributed by atoms with Gasteiger partial charge in [0.2, 0.25) is 0 Å². The van der Waals surface area contributed by atoms with Crippen LogP contribution < -0.4 is 0 Å². The smallest absolute Gasteiger partial charge is 0.169 e. The molecule has 0 aliphatic carbocycles. The lowest BCUT2D eigenvalue weighted by molar-refractivity contribution is 0.991. The first kappa shape index (κ1) is 15.6. The van der Waals surface area contributed by atoms with E-state index in [2.05, 4.69) is 68.7 Å². The summed E-state index contributed by atoms with van der Waals surface area (Å²) in [7, 11) is 2.09. The van der Waals surface area contributed by atoms with Crippen LogP contribution in [0.4, 0.5) is 11.5 Å². The fourth-order valence-electron chi connectivity index (χ4n) is 3.56. The number of azo groups is 1. The largest absolute Gasteiger partial charge is 0.329 e. The van der Waals surface area contributed by atoms with Gasteiger partial charge in [0.1, 0.15) is 5.65 Å². The predicted octanol–water partition coefficient (Wildman–Crippen LogP) is 6.51. The highest BCUT2D eigenvalue weighted by Gasteiger charge is 2.17. The van der Waals surface area contributed by atoms with Gasteiger partial charge in [0.15, 0.2) is 5.82 Å². The van der Waals surface area contributed by atoms with Crippen LogP contribution in [0.3, 0.4) is 0 Å². The number of aryl methyl sites for hydroxylation is 1. The molecular weight excluding hydrogens is 332 g/mol. The van der Waals surface area contributed by atoms with E-state index in [0.717, 1.165) is 33.8 Å². The molecule has 0 saturated carbocycles. The van der Waals surface area contributed by atoms with Crippen LogP contribution in [0.25, 0.3) is 27.8 Å². The van der Waals surface area contributed by atoms with Crippen LogP contribution in [-0.2, 0) is 7.05 Å². The maximum atomic E-state index is 4.68. The van der Waals surface area contributed by atoms with E-state index in [0.29, 0.717) is 0 Å². The normalized spacial score (nSPS) is 11.7. The van der Waals surface area contributed by atoms with E-state index in [4.69, 9.17) is 0 Å². The highest BCUT2D eigenvalue weighted by atomic mass is 15.2. The highest BCUT2D eigenvalue weighted by molar-refractivity contribution is 5.90. The molecule has 0 radical (unpaired) electrons. The Bertz CT molecular complexity index is 1260. The maximum Gasteiger partial charge on any atom is 0.169 e. The lowest BCUT2D eigenvalue weighted by Gasteiger charge is -2.02. The van der Waals surface area contributed by atoms with E-state index in [1.165, 1.54) is 5.52 Å². The Hall–Kier alpha value is -3.66. The van der Waals surface area contributed by atoms with Crippen LogP contribution in [0.2, 0.25) is 0 Å². The van der Waals surface area contributed by atoms with Crippen LogP contribution in [-0.4, -0.2) is 8.97 Å². The number of para-hydroxylation sites is 2. The summed E-state index contributed by atoms with van der Waals surface area (Å²) in [6, 6.07) is 30.7. The highest BCUT2D eigenvalue weighted by Crippen LogP contribution is 2.38. The van der Waals surface area contributed by atoms with Gasteiger partial charge in [-0.15, -0.1) is 10.2 Å². The Morgan fingerprint density at radius 2 is 1.30 bits per heavy atom. The van der Waals surface area contributed by atoms with Gasteiger partial charge in [-0.25, -0.2) is 0 Å². The molecule has 3 aromatic carbocycles. The molecule has 2 heterocycles. The molecule has 0 spiro atoms. The second-order valence-corrected chi connectivity index (χ2v) is 6.52. The summed E-state index contributed by atoms with van der Waals surface area (Å²) in [4.78, 5) is 0. The van der Waals surface area contributed by atoms with Crippen LogP contribution in [0.1, 0.15) is 0 Å². The average molecular weight is 350 g/mol. The lowest BCUT2D eigenvalue weighted by atomic mass is 10.1. The van der Waals surface area contributed by atoms with Gasteiger partial charge in [-0.1, -0.05) is 60.7 Å². The van der Waals surface area contributed by atoms with Gasteiger partial charge >= 0.3 is 0 Å². The Morgan fingerprint density at radius 1 is 0.667 bits per heavy atom. The first-order valence-corrected chi connectivity index (χ1v) is 8.94. The summed E-state index contributed by atoms with van der Waals surface area (Å²) in [5.74, 6) is 0.844. The fourth-order valence-corrected chi connectivity index (χ4v) is 3.56. The molecule has 5 aromatic rings. The van der Waals surface area contributed by atoms with Crippen molar-refractivity contribution in [2.45, 2.75) is 0 Å². The van der Waals surface area contributed by atoms with Crippen LogP contribution >= 0.6 is 0 Å². The van der Waals surface area contributed by atoms with Gasteiger partial charge in [-0.05, 0) is 35.9 Å². The van der Waals surface area contributed by atoms with Crippen molar-refractivity contribution in [2.24, 2.45) is 17.3 Å². The second-order valence-electron chi connectivity index (χ2n) is 6.52. The van der Waals surface area contributed by atoms with Crippen molar-refractivity contribution in [3.8, 4) is 11.1 Å². The molecule has 0 bridgehead atoms. The lowest BCUT2D eigenvalue weighted by Crippen LogP contribution is -1.85. The number of benzene rings is 3. The summed E-state index contributed by atoms with van der Waals surface area (Å²) < 4.78 is 4.38. The molecule has 0 N–H and O–H groups in total. The Balaban J connectivity index is 1.81. The zero-order chi connectivity index (χ0) is 18.2. The summed E-state index contributed by atoms with van der Waals surface area (Å²) in [6.07, 6.45) is 0. The molecule has 0 fully saturated rings. The van der Waals surface area contributed by atoms with E-state index < -0.39 is 0 Å². The molecule has 4 heteroatoms. The third-order valence-corrected chi connectivity index (χ3v) is 4.88. The molecule has 27 heavy (non-hydrogen) atoms. The van der Waals surface area contributed by atoms with Crippen molar-refractivity contribution in [2.75, 3.05) is 0 Å². The monoisotopic (exact) mass is 350 g/mol. The molecule has 0 saturated heterocycles. The summed E-state index contributed by atoms with van der Waals surface area (Å²) in [6.45, 7) is 0. The van der Waals surface area contributed by atoms with Crippen LogP contribution in [0.5, 0.6) is 0 Å². The molecule has 2 aromatic heterocycles. The zero-order valence-electron chi connectivity index (χ0n) is 14.9. The minimum absolute atomic E-state index is 0.840. The van der Waals surface area contributed by atoms with Gasteiger partial charge in [0.25, 0.3) is 0 Å². The van der Waals surface area contributed by atoms with Crippen molar-refractivity contribution in [1.82, 2.24) is 8.97 Å². The quantitative estimate of drug-likeness (QED) is 0.332. The first-order valence-electron chi connectivity index (χ1n) is 8.94. The minimum atomic E-state index is 0.840. The summed E-state index contributed by atoms with van der Waals surface area (Å²) >= 11 is 0. The molecule has 5 rings (SSSR count). The van der Waals surface area contributed by atoms with Crippen LogP contribution in [0.15, 0.2) is 101 Å². The second kappa shape index (κ2) is 6.25. The number of rotatable bonds is 3. The SMILES string of the molecule is Cn1c2ccccc2n2c(N=Nc3ccccc3)c(-c3ccccc3)cc12. The third kappa shape index (κ3) is 2.54. The molecule has 0 aliphatic rings. The third-order valence-electron chi connectivity index (χ3n) is 4.88. The van der Waals surface area contributed by atoms with Crippen molar-refractivity contribution in [1.29, 1.82) is 0 Å². The molecule has 4 nitrogen and oxygen atoms in total. The Labute approximate surface area is 157 Å². The van der Waals surface area contributed by atoms with Gasteiger partial charge in [-0.3, -0.25) is 4.40 Å². The predicted molar refractivity (Wildman–Crippen MR) is 110 cm³/mol. The van der Waals surface area contributed by atoms with Crippen molar-refractivity contribution >= 4 is 28.2 Å². The summed E-state index contributed by atoms with van der Waals surface area (Å²) in [5.41, 5.74) is 6.44. The molecule has 0 aliphatic heterocycles. The van der Waals surface area contributed by atoms with Gasteiger partial charge in [0, 0.05) is 12.6 Å². The van der Waals surface area contributed by atoms with E-state index in [-0.39, 0.29) is 0 Å². The summed E-state index contributed by atoms with van der Waals surface area (Å²) in [5, 5.41) is 9.18. The molecule has 130 valence electrons. The molecule has 0 unspecified atom stereocenters. The number of fused-ring (bicyclic) bond motifs is 3. The molecule has 0 atom stereocenters. The van der Waals surface area contributed by atoms with Crippen molar-refractivity contribution in [3.63, 3.8) is 0 Å². The fraction of sp³-hybridized carbons (Fsp3) is 0.0435. The van der Waals surface area contributed by atoms with Gasteiger partial charge < -0.3 is 4.57 Å². The first-order chi connectivity index (χ1) is 13.3. The number of aromatic nitrogens is 2. The van der Waals surface area contributed by atoms with Gasteiger partial charge in [-0.2, -0.15) is 0 Å². The molecular formula is C23H18N4. The van der Waals surface area contributed by atoms with E-state index in [1.54, 1.807) is 0 Å². The number of hydrogen-bond acceptors (Lipinski definition) is 2. The van der Waals surface area contributed by atoms with Crippen molar-refractivity contribution < 1.29 is 0 Å². The number of hydrogen-bond donors (Lipinski definition) is 0. The van der Waals surface area contributed by atoms with Crippen LogP contribution in [0, 0.1) is 0 Å². The van der Waals surface area contributed by atoms with E-state index in [1.807, 2.05) is 48.5 Å².